The number of nitrogens with one attached hydrogen (secondary N) is 2. The maximum Gasteiger partial charge on any atom is 0.273 e. The van der Waals surface area contributed by atoms with Crippen molar-refractivity contribution in [3.63, 3.8) is 0 Å². The lowest BCUT2D eigenvalue weighted by atomic mass is 10.1. The summed E-state index contributed by atoms with van der Waals surface area (Å²) in [5.74, 6) is -0.298. The van der Waals surface area contributed by atoms with Crippen LogP contribution in [0.2, 0.25) is 0 Å². The molecule has 1 atom stereocenters. The van der Waals surface area contributed by atoms with Gasteiger partial charge in [0.1, 0.15) is 0 Å². The van der Waals surface area contributed by atoms with Gasteiger partial charge in [-0.1, -0.05) is 48.5 Å². The number of amides is 1. The fraction of sp³-hybridized carbons (Fsp3) is 0.136. The zero-order valence-corrected chi connectivity index (χ0v) is 15.5. The van der Waals surface area contributed by atoms with Gasteiger partial charge in [0.05, 0.1) is 11.3 Å². The Balaban J connectivity index is 1.60. The number of nitro benzene ring substituents is 1. The molecule has 0 fully saturated rings. The van der Waals surface area contributed by atoms with Gasteiger partial charge in [0.25, 0.3) is 5.69 Å². The lowest BCUT2D eigenvalue weighted by Crippen LogP contribution is -2.15. The normalized spacial score (nSPS) is 11.5. The first-order valence-corrected chi connectivity index (χ1v) is 8.96. The largest absolute Gasteiger partial charge is 0.379 e. The van der Waals surface area contributed by atoms with Crippen molar-refractivity contribution in [2.75, 3.05) is 10.6 Å². The van der Waals surface area contributed by atoms with Crippen LogP contribution in [0.15, 0.2) is 78.9 Å². The predicted molar refractivity (Wildman–Crippen MR) is 110 cm³/mol. The van der Waals surface area contributed by atoms with Crippen LogP contribution in [0.5, 0.6) is 0 Å². The van der Waals surface area contributed by atoms with Gasteiger partial charge in [-0.05, 0) is 36.8 Å². The van der Waals surface area contributed by atoms with Crippen molar-refractivity contribution in [1.29, 1.82) is 0 Å². The van der Waals surface area contributed by atoms with Gasteiger partial charge in [0, 0.05) is 29.0 Å². The highest BCUT2D eigenvalue weighted by atomic mass is 16.6. The van der Waals surface area contributed by atoms with Gasteiger partial charge in [0.15, 0.2) is 0 Å². The SMILES string of the molecule is CC(Nc1ccc(NC(=O)Cc2ccccc2[N+](=O)[O-])cc1)c1ccccc1. The quantitative estimate of drug-likeness (QED) is 0.452. The fourth-order valence-electron chi connectivity index (χ4n) is 2.94. The second kappa shape index (κ2) is 8.81. The Bertz CT molecular complexity index is 956. The molecule has 3 rings (SSSR count). The van der Waals surface area contributed by atoms with Crippen molar-refractivity contribution in [2.24, 2.45) is 0 Å². The molecule has 6 heteroatoms. The molecule has 6 nitrogen and oxygen atoms in total. The second-order valence-electron chi connectivity index (χ2n) is 6.46. The monoisotopic (exact) mass is 375 g/mol. The highest BCUT2D eigenvalue weighted by molar-refractivity contribution is 5.93. The van der Waals surface area contributed by atoms with Crippen LogP contribution in [0.1, 0.15) is 24.1 Å². The van der Waals surface area contributed by atoms with Crippen LogP contribution >= 0.6 is 0 Å². The molecule has 0 aliphatic carbocycles. The topological polar surface area (TPSA) is 84.3 Å². The van der Waals surface area contributed by atoms with E-state index in [4.69, 9.17) is 0 Å². The Kier molecular flexibility index (Phi) is 6.01. The molecule has 2 N–H and O–H groups in total. The molecule has 0 bridgehead atoms. The molecule has 1 amide bonds. The Morgan fingerprint density at radius 1 is 0.929 bits per heavy atom. The number of benzene rings is 3. The molecular weight excluding hydrogens is 354 g/mol. The predicted octanol–water partition coefficient (Wildman–Crippen LogP) is 4.95. The third-order valence-electron chi connectivity index (χ3n) is 4.39. The summed E-state index contributed by atoms with van der Waals surface area (Å²) >= 11 is 0. The molecule has 0 aliphatic heterocycles. The van der Waals surface area contributed by atoms with E-state index in [0.29, 0.717) is 11.3 Å². The van der Waals surface area contributed by atoms with Gasteiger partial charge in [-0.15, -0.1) is 0 Å². The van der Waals surface area contributed by atoms with Crippen LogP contribution in [0.3, 0.4) is 0 Å². The molecule has 3 aromatic carbocycles. The first-order valence-electron chi connectivity index (χ1n) is 8.96. The first kappa shape index (κ1) is 19.1. The van der Waals surface area contributed by atoms with Crippen LogP contribution in [0.25, 0.3) is 0 Å². The Morgan fingerprint density at radius 2 is 1.54 bits per heavy atom. The zero-order valence-electron chi connectivity index (χ0n) is 15.5. The average Bonchev–Trinajstić information content (AvgIpc) is 2.70. The highest BCUT2D eigenvalue weighted by Crippen LogP contribution is 2.22. The second-order valence-corrected chi connectivity index (χ2v) is 6.46. The lowest BCUT2D eigenvalue weighted by Gasteiger charge is -2.16. The van der Waals surface area contributed by atoms with Crippen molar-refractivity contribution >= 4 is 23.0 Å². The van der Waals surface area contributed by atoms with Gasteiger partial charge in [0.2, 0.25) is 5.91 Å². The van der Waals surface area contributed by atoms with Gasteiger partial charge in [-0.3, -0.25) is 14.9 Å². The molecule has 0 saturated carbocycles. The number of para-hydroxylation sites is 1. The number of nitro groups is 1. The van der Waals surface area contributed by atoms with Crippen molar-refractivity contribution in [2.45, 2.75) is 19.4 Å². The van der Waals surface area contributed by atoms with E-state index in [9.17, 15) is 14.9 Å². The molecule has 0 aliphatic rings. The summed E-state index contributed by atoms with van der Waals surface area (Å²) < 4.78 is 0. The smallest absolute Gasteiger partial charge is 0.273 e. The minimum Gasteiger partial charge on any atom is -0.379 e. The molecule has 0 aromatic heterocycles. The molecule has 28 heavy (non-hydrogen) atoms. The van der Waals surface area contributed by atoms with Crippen LogP contribution in [0, 0.1) is 10.1 Å². The number of nitrogens with zero attached hydrogens (tertiary/aromatic N) is 1. The molecule has 0 radical (unpaired) electrons. The minimum atomic E-state index is -0.475. The number of rotatable bonds is 7. The van der Waals surface area contributed by atoms with E-state index in [2.05, 4.69) is 29.7 Å². The third kappa shape index (κ3) is 4.94. The lowest BCUT2D eigenvalue weighted by molar-refractivity contribution is -0.385. The van der Waals surface area contributed by atoms with E-state index in [1.54, 1.807) is 30.3 Å². The van der Waals surface area contributed by atoms with Crippen LogP contribution in [-0.2, 0) is 11.2 Å². The van der Waals surface area contributed by atoms with E-state index >= 15 is 0 Å². The van der Waals surface area contributed by atoms with Crippen molar-refractivity contribution in [3.8, 4) is 0 Å². The molecule has 0 spiro atoms. The standard InChI is InChI=1S/C22H21N3O3/c1-16(17-7-3-2-4-8-17)23-19-11-13-20(14-12-19)24-22(26)15-18-9-5-6-10-21(18)25(27)28/h2-14,16,23H,15H2,1H3,(H,24,26). The summed E-state index contributed by atoms with van der Waals surface area (Å²) in [5.41, 5.74) is 3.10. The number of carbonyl (C=O) groups is 1. The highest BCUT2D eigenvalue weighted by Gasteiger charge is 2.15. The molecule has 0 saturated heterocycles. The van der Waals surface area contributed by atoms with Gasteiger partial charge in [-0.25, -0.2) is 0 Å². The number of anilines is 2. The number of hydrogen-bond donors (Lipinski definition) is 2. The summed E-state index contributed by atoms with van der Waals surface area (Å²) in [6.07, 6.45) is -0.0534. The van der Waals surface area contributed by atoms with Crippen LogP contribution < -0.4 is 10.6 Å². The summed E-state index contributed by atoms with van der Waals surface area (Å²) in [5, 5.41) is 17.2. The Labute approximate surface area is 163 Å². The van der Waals surface area contributed by atoms with Crippen molar-refractivity contribution in [1.82, 2.24) is 0 Å². The molecule has 3 aromatic rings. The Morgan fingerprint density at radius 3 is 2.21 bits per heavy atom. The average molecular weight is 375 g/mol. The first-order chi connectivity index (χ1) is 13.5. The molecule has 0 heterocycles. The maximum atomic E-state index is 12.3. The van der Waals surface area contributed by atoms with E-state index in [1.165, 1.54) is 11.6 Å². The van der Waals surface area contributed by atoms with Crippen molar-refractivity contribution in [3.05, 3.63) is 100 Å². The molecular formula is C22H21N3O3. The third-order valence-corrected chi connectivity index (χ3v) is 4.39. The van der Waals surface area contributed by atoms with Gasteiger partial charge >= 0.3 is 0 Å². The van der Waals surface area contributed by atoms with Gasteiger partial charge in [-0.2, -0.15) is 0 Å². The fourth-order valence-corrected chi connectivity index (χ4v) is 2.94. The summed E-state index contributed by atoms with van der Waals surface area (Å²) in [4.78, 5) is 22.8. The summed E-state index contributed by atoms with van der Waals surface area (Å²) in [7, 11) is 0. The van der Waals surface area contributed by atoms with Crippen LogP contribution in [-0.4, -0.2) is 10.8 Å². The minimum absolute atomic E-state index is 0.0490. The number of hydrogen-bond acceptors (Lipinski definition) is 4. The van der Waals surface area contributed by atoms with E-state index in [0.717, 1.165) is 5.69 Å². The van der Waals surface area contributed by atoms with Gasteiger partial charge < -0.3 is 10.6 Å². The summed E-state index contributed by atoms with van der Waals surface area (Å²) in [6.45, 7) is 2.08. The summed E-state index contributed by atoms with van der Waals surface area (Å²) in [6, 6.07) is 23.9. The van der Waals surface area contributed by atoms with E-state index in [-0.39, 0.29) is 24.1 Å². The number of carbonyl (C=O) groups excluding carboxylic acids is 1. The zero-order chi connectivity index (χ0) is 19.9. The Hall–Kier alpha value is -3.67. The van der Waals surface area contributed by atoms with Crippen molar-refractivity contribution < 1.29 is 9.72 Å². The van der Waals surface area contributed by atoms with E-state index < -0.39 is 4.92 Å². The van der Waals surface area contributed by atoms with E-state index in [1.807, 2.05) is 30.3 Å². The molecule has 142 valence electrons. The maximum absolute atomic E-state index is 12.3. The molecule has 1 unspecified atom stereocenters. The van der Waals surface area contributed by atoms with Crippen LogP contribution in [0.4, 0.5) is 17.1 Å².